The van der Waals surface area contributed by atoms with Crippen LogP contribution in [-0.2, 0) is 9.53 Å². The maximum absolute atomic E-state index is 11.3. The molecule has 0 aromatic rings. The number of cyclic esters (lactones) is 1. The smallest absolute Gasteiger partial charge is 0.323 e. The van der Waals surface area contributed by atoms with E-state index in [9.17, 15) is 4.79 Å². The highest BCUT2D eigenvalue weighted by Crippen LogP contribution is 2.08. The number of carbonyl (C=O) groups excluding carboxylic acids is 1. The molecule has 1 aliphatic heterocycles. The Morgan fingerprint density at radius 1 is 1.62 bits per heavy atom. The van der Waals surface area contributed by atoms with Crippen molar-refractivity contribution in [3.8, 4) is 0 Å². The quantitative estimate of drug-likeness (QED) is 0.452. The van der Waals surface area contributed by atoms with Crippen LogP contribution in [-0.4, -0.2) is 31.2 Å². The van der Waals surface area contributed by atoms with Gasteiger partial charge in [0.15, 0.2) is 0 Å². The maximum atomic E-state index is 11.3. The monoisotopic (exact) mass is 187 g/mol. The van der Waals surface area contributed by atoms with E-state index < -0.39 is 0 Å². The normalized spacial score (nSPS) is 28.6. The molecule has 2 unspecified atom stereocenters. The van der Waals surface area contributed by atoms with E-state index >= 15 is 0 Å². The van der Waals surface area contributed by atoms with Crippen molar-refractivity contribution < 1.29 is 15.3 Å². The molecule has 1 saturated heterocycles. The van der Waals surface area contributed by atoms with Crippen LogP contribution >= 0.6 is 0 Å². The van der Waals surface area contributed by atoms with Gasteiger partial charge >= 0.3 is 5.97 Å². The van der Waals surface area contributed by atoms with Gasteiger partial charge in [0.2, 0.25) is 0 Å². The molecule has 0 aliphatic carbocycles. The van der Waals surface area contributed by atoms with E-state index in [4.69, 9.17) is 4.74 Å². The third kappa shape index (κ3) is 3.32. The number of quaternary nitrogens is 1. The predicted octanol–water partition coefficient (Wildman–Crippen LogP) is -0.698. The van der Waals surface area contributed by atoms with Crippen molar-refractivity contribution in [2.75, 3.05) is 13.1 Å². The Kier molecular flexibility index (Phi) is 4.18. The molecule has 13 heavy (non-hydrogen) atoms. The lowest BCUT2D eigenvalue weighted by molar-refractivity contribution is -0.368. The van der Waals surface area contributed by atoms with Crippen LogP contribution in [0.4, 0.5) is 0 Å². The Labute approximate surface area is 78.8 Å². The van der Waals surface area contributed by atoms with Gasteiger partial charge < -0.3 is 15.8 Å². The number of esters is 1. The highest BCUT2D eigenvalue weighted by atomic mass is 16.5. The minimum atomic E-state index is -0.0946. The number of morpholine rings is 1. The Bertz CT molecular complexity index is 173. The summed E-state index contributed by atoms with van der Waals surface area (Å²) in [7, 11) is 0. The highest BCUT2D eigenvalue weighted by Gasteiger charge is 2.26. The molecule has 4 nitrogen and oxygen atoms in total. The molecule has 4 N–H and O–H groups in total. The van der Waals surface area contributed by atoms with Crippen molar-refractivity contribution in [2.24, 2.45) is 0 Å². The second kappa shape index (κ2) is 5.19. The number of carbonyl (C=O) groups is 1. The summed E-state index contributed by atoms with van der Waals surface area (Å²) in [5, 5.41) is 3.18. The van der Waals surface area contributed by atoms with Gasteiger partial charge in [0.25, 0.3) is 0 Å². The van der Waals surface area contributed by atoms with Crippen LogP contribution in [0.5, 0.6) is 0 Å². The van der Waals surface area contributed by atoms with Gasteiger partial charge in [-0.3, -0.25) is 4.79 Å². The van der Waals surface area contributed by atoms with E-state index in [0.717, 1.165) is 32.4 Å². The van der Waals surface area contributed by atoms with Crippen LogP contribution in [0.25, 0.3) is 0 Å². The van der Waals surface area contributed by atoms with E-state index in [1.165, 1.54) is 0 Å². The topological polar surface area (TPSA) is 66.0 Å². The largest absolute Gasteiger partial charge is 0.460 e. The summed E-state index contributed by atoms with van der Waals surface area (Å²) < 4.78 is 5.11. The molecule has 0 saturated carbocycles. The SMILES string of the molecule is CC1CNC(CCCC[NH3+])C(=O)O1. The summed E-state index contributed by atoms with van der Waals surface area (Å²) in [4.78, 5) is 11.3. The van der Waals surface area contributed by atoms with Gasteiger partial charge in [-0.15, -0.1) is 0 Å². The van der Waals surface area contributed by atoms with Crippen molar-refractivity contribution in [2.45, 2.75) is 38.3 Å². The minimum absolute atomic E-state index is 0.0246. The molecule has 76 valence electrons. The predicted molar refractivity (Wildman–Crippen MR) is 49.0 cm³/mol. The molecule has 1 aliphatic rings. The molecule has 1 rings (SSSR count). The fourth-order valence-electron chi connectivity index (χ4n) is 1.46. The number of rotatable bonds is 4. The minimum Gasteiger partial charge on any atom is -0.460 e. The summed E-state index contributed by atoms with van der Waals surface area (Å²) in [5.41, 5.74) is 3.76. The first-order chi connectivity index (χ1) is 6.24. The number of hydrogen-bond acceptors (Lipinski definition) is 3. The van der Waals surface area contributed by atoms with Gasteiger partial charge in [-0.1, -0.05) is 0 Å². The van der Waals surface area contributed by atoms with E-state index in [1.807, 2.05) is 6.92 Å². The highest BCUT2D eigenvalue weighted by molar-refractivity contribution is 5.76. The third-order valence-electron chi connectivity index (χ3n) is 2.25. The average Bonchev–Trinajstić information content (AvgIpc) is 2.09. The van der Waals surface area contributed by atoms with Crippen molar-refractivity contribution in [3.63, 3.8) is 0 Å². The van der Waals surface area contributed by atoms with Crippen LogP contribution in [0.3, 0.4) is 0 Å². The van der Waals surface area contributed by atoms with Crippen LogP contribution < -0.4 is 11.1 Å². The first-order valence-electron chi connectivity index (χ1n) is 4.97. The molecule has 0 radical (unpaired) electrons. The molecule has 1 heterocycles. The maximum Gasteiger partial charge on any atom is 0.323 e. The number of unbranched alkanes of at least 4 members (excludes halogenated alkanes) is 1. The van der Waals surface area contributed by atoms with Crippen LogP contribution in [0.1, 0.15) is 26.2 Å². The second-order valence-corrected chi connectivity index (χ2v) is 3.56. The molecule has 0 aromatic heterocycles. The lowest BCUT2D eigenvalue weighted by Gasteiger charge is -2.26. The van der Waals surface area contributed by atoms with Crippen molar-refractivity contribution in [1.29, 1.82) is 0 Å². The first-order valence-corrected chi connectivity index (χ1v) is 4.97. The number of hydrogen-bond donors (Lipinski definition) is 2. The Morgan fingerprint density at radius 2 is 2.38 bits per heavy atom. The zero-order valence-corrected chi connectivity index (χ0v) is 8.21. The van der Waals surface area contributed by atoms with E-state index in [1.54, 1.807) is 0 Å². The summed E-state index contributed by atoms with van der Waals surface area (Å²) in [5.74, 6) is -0.0946. The number of nitrogens with one attached hydrogen (secondary N) is 1. The molecule has 1 fully saturated rings. The van der Waals surface area contributed by atoms with E-state index in [0.29, 0.717) is 0 Å². The Morgan fingerprint density at radius 3 is 3.00 bits per heavy atom. The zero-order valence-electron chi connectivity index (χ0n) is 8.21. The Hall–Kier alpha value is -0.610. The summed E-state index contributed by atoms with van der Waals surface area (Å²) in [6.45, 7) is 3.62. The van der Waals surface area contributed by atoms with Gasteiger partial charge in [0.05, 0.1) is 6.54 Å². The van der Waals surface area contributed by atoms with Gasteiger partial charge in [-0.05, 0) is 26.2 Å². The van der Waals surface area contributed by atoms with Gasteiger partial charge in [-0.25, -0.2) is 0 Å². The fourth-order valence-corrected chi connectivity index (χ4v) is 1.46. The first kappa shape index (κ1) is 10.5. The van der Waals surface area contributed by atoms with E-state index in [-0.39, 0.29) is 18.1 Å². The van der Waals surface area contributed by atoms with Crippen LogP contribution in [0.2, 0.25) is 0 Å². The van der Waals surface area contributed by atoms with Crippen molar-refractivity contribution >= 4 is 5.97 Å². The molecular weight excluding hydrogens is 168 g/mol. The van der Waals surface area contributed by atoms with Gasteiger partial charge in [-0.2, -0.15) is 0 Å². The third-order valence-corrected chi connectivity index (χ3v) is 2.25. The summed E-state index contributed by atoms with van der Waals surface area (Å²) in [6, 6.07) is -0.0808. The lowest BCUT2D eigenvalue weighted by Crippen LogP contribution is -2.51. The average molecular weight is 187 g/mol. The standard InChI is InChI=1S/C9H18N2O2/c1-7-6-11-8(9(12)13-7)4-2-3-5-10/h7-8,11H,2-6,10H2,1H3/p+1. The molecule has 0 aromatic carbocycles. The van der Waals surface area contributed by atoms with Crippen LogP contribution in [0.15, 0.2) is 0 Å². The molecular formula is C9H19N2O2+. The lowest BCUT2D eigenvalue weighted by atomic mass is 10.1. The summed E-state index contributed by atoms with van der Waals surface area (Å²) >= 11 is 0. The Balaban J connectivity index is 2.22. The molecule has 0 bridgehead atoms. The molecule has 0 spiro atoms. The summed E-state index contributed by atoms with van der Waals surface area (Å²) in [6.07, 6.45) is 3.03. The van der Waals surface area contributed by atoms with Crippen molar-refractivity contribution in [3.05, 3.63) is 0 Å². The second-order valence-electron chi connectivity index (χ2n) is 3.56. The van der Waals surface area contributed by atoms with Crippen molar-refractivity contribution in [1.82, 2.24) is 5.32 Å². The van der Waals surface area contributed by atoms with E-state index in [2.05, 4.69) is 11.1 Å². The number of ether oxygens (including phenoxy) is 1. The zero-order chi connectivity index (χ0) is 9.68. The van der Waals surface area contributed by atoms with Gasteiger partial charge in [0, 0.05) is 6.54 Å². The molecule has 4 heteroatoms. The molecule has 2 atom stereocenters. The molecule has 0 amide bonds. The van der Waals surface area contributed by atoms with Gasteiger partial charge in [0.1, 0.15) is 12.1 Å². The fraction of sp³-hybridized carbons (Fsp3) is 0.889. The van der Waals surface area contributed by atoms with Crippen LogP contribution in [0, 0.1) is 0 Å².